The molecular formula is C76H142O6. The molecule has 482 valence electrons. The molecule has 0 bridgehead atoms. The number of esters is 3. The lowest BCUT2D eigenvalue weighted by Crippen LogP contribution is -2.30. The fraction of sp³-hybridized carbons (Fsp3) is 0.882. The van der Waals surface area contributed by atoms with E-state index in [2.05, 4.69) is 57.2 Å². The van der Waals surface area contributed by atoms with Crippen molar-refractivity contribution in [3.05, 3.63) is 36.5 Å². The summed E-state index contributed by atoms with van der Waals surface area (Å²) in [6.07, 6.45) is 89.0. The highest BCUT2D eigenvalue weighted by Gasteiger charge is 2.19. The van der Waals surface area contributed by atoms with E-state index in [9.17, 15) is 14.4 Å². The minimum atomic E-state index is -0.773. The van der Waals surface area contributed by atoms with Gasteiger partial charge < -0.3 is 14.2 Å². The highest BCUT2D eigenvalue weighted by atomic mass is 16.6. The van der Waals surface area contributed by atoms with Crippen LogP contribution in [0.25, 0.3) is 0 Å². The van der Waals surface area contributed by atoms with Gasteiger partial charge in [-0.3, -0.25) is 14.4 Å². The second-order valence-electron chi connectivity index (χ2n) is 25.2. The molecule has 1 unspecified atom stereocenters. The summed E-state index contributed by atoms with van der Waals surface area (Å²) in [6.45, 7) is 6.70. The summed E-state index contributed by atoms with van der Waals surface area (Å²) in [6, 6.07) is 0. The molecule has 0 saturated carbocycles. The predicted octanol–water partition coefficient (Wildman–Crippen LogP) is 25.5. The fourth-order valence-electron chi connectivity index (χ4n) is 11.3. The van der Waals surface area contributed by atoms with E-state index in [4.69, 9.17) is 14.2 Å². The second-order valence-corrected chi connectivity index (χ2v) is 25.2. The summed E-state index contributed by atoms with van der Waals surface area (Å²) in [5, 5.41) is 0. The van der Waals surface area contributed by atoms with Crippen LogP contribution >= 0.6 is 0 Å². The standard InChI is InChI=1S/C76H142O6/c1-4-7-10-13-16-19-22-25-28-31-32-33-34-35-36-37-38-39-40-41-42-43-44-46-48-51-54-57-60-63-66-69-75(78)81-72-73(71-80-74(77)68-65-62-59-56-53-50-47-30-27-24-21-18-15-12-9-6-3)82-76(79)70-67-64-61-58-55-52-49-45-29-26-23-20-17-14-11-8-5-2/h22,25,30-32,47,73H,4-21,23-24,26-29,33-46,48-72H2,1-3H3/b25-22-,32-31-,47-30-. The zero-order valence-corrected chi connectivity index (χ0v) is 55.5. The zero-order chi connectivity index (χ0) is 59.2. The molecule has 0 aliphatic carbocycles. The number of carbonyl (C=O) groups excluding carboxylic acids is 3. The lowest BCUT2D eigenvalue weighted by molar-refractivity contribution is -0.167. The molecule has 0 aromatic heterocycles. The first-order valence-electron chi connectivity index (χ1n) is 37.0. The number of carbonyl (C=O) groups is 3. The molecule has 0 saturated heterocycles. The summed E-state index contributed by atoms with van der Waals surface area (Å²) >= 11 is 0. The Labute approximate surface area is 512 Å². The average molecular weight is 1150 g/mol. The van der Waals surface area contributed by atoms with Gasteiger partial charge in [0.05, 0.1) is 0 Å². The first kappa shape index (κ1) is 79.6. The Morgan fingerprint density at radius 1 is 0.244 bits per heavy atom. The van der Waals surface area contributed by atoms with Crippen LogP contribution in [-0.4, -0.2) is 37.2 Å². The van der Waals surface area contributed by atoms with Crippen molar-refractivity contribution in [2.24, 2.45) is 0 Å². The number of unbranched alkanes of at least 4 members (excludes halogenated alkanes) is 52. The Hall–Kier alpha value is -2.37. The van der Waals surface area contributed by atoms with Gasteiger partial charge in [-0.1, -0.05) is 353 Å². The van der Waals surface area contributed by atoms with Gasteiger partial charge in [0.25, 0.3) is 0 Å². The highest BCUT2D eigenvalue weighted by Crippen LogP contribution is 2.19. The van der Waals surface area contributed by atoms with Gasteiger partial charge in [-0.25, -0.2) is 0 Å². The van der Waals surface area contributed by atoms with E-state index in [0.717, 1.165) is 70.6 Å². The van der Waals surface area contributed by atoms with Crippen molar-refractivity contribution in [3.63, 3.8) is 0 Å². The molecule has 1 atom stereocenters. The molecule has 0 aliphatic heterocycles. The normalized spacial score (nSPS) is 12.2. The molecule has 82 heavy (non-hydrogen) atoms. The highest BCUT2D eigenvalue weighted by molar-refractivity contribution is 5.71. The Morgan fingerprint density at radius 2 is 0.439 bits per heavy atom. The van der Waals surface area contributed by atoms with Crippen LogP contribution in [0.5, 0.6) is 0 Å². The van der Waals surface area contributed by atoms with Crippen molar-refractivity contribution >= 4 is 17.9 Å². The Balaban J connectivity index is 4.18. The largest absolute Gasteiger partial charge is 0.462 e. The number of hydrogen-bond donors (Lipinski definition) is 0. The van der Waals surface area contributed by atoms with Crippen molar-refractivity contribution in [2.75, 3.05) is 13.2 Å². The van der Waals surface area contributed by atoms with Crippen molar-refractivity contribution in [1.29, 1.82) is 0 Å². The SMILES string of the molecule is CCCCCCC/C=C\C/C=C\CCCCCCCCCCCCCCCCCCCCCC(=O)OCC(COC(=O)CCCCCCC/C=C\CCCCCCCCC)OC(=O)CCCCCCCCCCCCCCCCCCC. The van der Waals surface area contributed by atoms with Gasteiger partial charge in [-0.2, -0.15) is 0 Å². The van der Waals surface area contributed by atoms with Gasteiger partial charge in [0.15, 0.2) is 6.10 Å². The molecule has 0 aromatic carbocycles. The van der Waals surface area contributed by atoms with Crippen LogP contribution in [0.3, 0.4) is 0 Å². The van der Waals surface area contributed by atoms with Crippen LogP contribution in [-0.2, 0) is 28.6 Å². The Kier molecular flexibility index (Phi) is 69.1. The molecule has 6 heteroatoms. The molecule has 0 aliphatic rings. The second kappa shape index (κ2) is 71.1. The smallest absolute Gasteiger partial charge is 0.306 e. The minimum Gasteiger partial charge on any atom is -0.462 e. The third kappa shape index (κ3) is 68.4. The van der Waals surface area contributed by atoms with Crippen LogP contribution in [0, 0.1) is 0 Å². The molecular weight excluding hydrogens is 1010 g/mol. The predicted molar refractivity (Wildman–Crippen MR) is 358 cm³/mol. The van der Waals surface area contributed by atoms with Gasteiger partial charge in [-0.15, -0.1) is 0 Å². The first-order chi connectivity index (χ1) is 40.5. The summed E-state index contributed by atoms with van der Waals surface area (Å²) in [7, 11) is 0. The lowest BCUT2D eigenvalue weighted by atomic mass is 10.0. The van der Waals surface area contributed by atoms with E-state index in [-0.39, 0.29) is 31.1 Å². The molecule has 0 spiro atoms. The average Bonchev–Trinajstić information content (AvgIpc) is 3.48. The maximum atomic E-state index is 12.9. The maximum absolute atomic E-state index is 12.9. The van der Waals surface area contributed by atoms with E-state index >= 15 is 0 Å². The molecule has 6 nitrogen and oxygen atoms in total. The molecule has 0 radical (unpaired) electrons. The third-order valence-electron chi connectivity index (χ3n) is 16.9. The van der Waals surface area contributed by atoms with Crippen LogP contribution < -0.4 is 0 Å². The van der Waals surface area contributed by atoms with Gasteiger partial charge in [0.2, 0.25) is 0 Å². The van der Waals surface area contributed by atoms with Crippen molar-refractivity contribution < 1.29 is 28.6 Å². The van der Waals surface area contributed by atoms with Gasteiger partial charge in [0, 0.05) is 19.3 Å². The minimum absolute atomic E-state index is 0.0682. The number of rotatable bonds is 69. The van der Waals surface area contributed by atoms with Crippen molar-refractivity contribution in [1.82, 2.24) is 0 Å². The lowest BCUT2D eigenvalue weighted by Gasteiger charge is -2.18. The molecule has 0 rings (SSSR count). The maximum Gasteiger partial charge on any atom is 0.306 e. The Morgan fingerprint density at radius 3 is 0.683 bits per heavy atom. The van der Waals surface area contributed by atoms with Crippen LogP contribution in [0.2, 0.25) is 0 Å². The van der Waals surface area contributed by atoms with E-state index < -0.39 is 6.10 Å². The number of hydrogen-bond acceptors (Lipinski definition) is 6. The summed E-state index contributed by atoms with van der Waals surface area (Å²) < 4.78 is 17.0. The van der Waals surface area contributed by atoms with E-state index in [1.807, 2.05) is 0 Å². The molecule has 0 aromatic rings. The third-order valence-corrected chi connectivity index (χ3v) is 16.9. The molecule has 0 amide bonds. The summed E-state index contributed by atoms with van der Waals surface area (Å²) in [5.41, 5.74) is 0. The summed E-state index contributed by atoms with van der Waals surface area (Å²) in [5.74, 6) is -0.844. The quantitative estimate of drug-likeness (QED) is 0.0261. The number of allylic oxidation sites excluding steroid dienone is 6. The summed E-state index contributed by atoms with van der Waals surface area (Å²) in [4.78, 5) is 38.5. The molecule has 0 N–H and O–H groups in total. The van der Waals surface area contributed by atoms with Gasteiger partial charge >= 0.3 is 17.9 Å². The Bertz CT molecular complexity index is 1370. The first-order valence-corrected chi connectivity index (χ1v) is 37.0. The number of ether oxygens (including phenoxy) is 3. The van der Waals surface area contributed by atoms with Gasteiger partial charge in [-0.05, 0) is 77.0 Å². The van der Waals surface area contributed by atoms with E-state index in [1.54, 1.807) is 0 Å². The van der Waals surface area contributed by atoms with Crippen molar-refractivity contribution in [2.45, 2.75) is 419 Å². The monoisotopic (exact) mass is 1150 g/mol. The van der Waals surface area contributed by atoms with Crippen LogP contribution in [0.4, 0.5) is 0 Å². The van der Waals surface area contributed by atoms with E-state index in [0.29, 0.717) is 19.3 Å². The van der Waals surface area contributed by atoms with Crippen LogP contribution in [0.1, 0.15) is 412 Å². The fourth-order valence-corrected chi connectivity index (χ4v) is 11.3. The molecule has 0 fully saturated rings. The van der Waals surface area contributed by atoms with Crippen LogP contribution in [0.15, 0.2) is 36.5 Å². The van der Waals surface area contributed by atoms with Crippen molar-refractivity contribution in [3.8, 4) is 0 Å². The van der Waals surface area contributed by atoms with Gasteiger partial charge in [0.1, 0.15) is 13.2 Å². The topological polar surface area (TPSA) is 78.9 Å². The zero-order valence-electron chi connectivity index (χ0n) is 55.5. The van der Waals surface area contributed by atoms with E-state index in [1.165, 1.54) is 302 Å². The molecule has 0 heterocycles.